The van der Waals surface area contributed by atoms with Gasteiger partial charge < -0.3 is 11.1 Å². The maximum atomic E-state index is 12.0. The van der Waals surface area contributed by atoms with E-state index in [1.807, 2.05) is 0 Å². The molecule has 0 aromatic heterocycles. The van der Waals surface area contributed by atoms with Gasteiger partial charge in [0.1, 0.15) is 0 Å². The van der Waals surface area contributed by atoms with Gasteiger partial charge in [0, 0.05) is 25.2 Å². The van der Waals surface area contributed by atoms with Crippen molar-refractivity contribution >= 4 is 18.3 Å². The van der Waals surface area contributed by atoms with E-state index in [0.29, 0.717) is 24.5 Å². The summed E-state index contributed by atoms with van der Waals surface area (Å²) in [6.45, 7) is 4.65. The molecule has 5 heteroatoms. The van der Waals surface area contributed by atoms with Crippen LogP contribution in [0.4, 0.5) is 0 Å². The predicted molar refractivity (Wildman–Crippen MR) is 80.5 cm³/mol. The summed E-state index contributed by atoms with van der Waals surface area (Å²) >= 11 is 0. The third-order valence-electron chi connectivity index (χ3n) is 4.39. The molecule has 1 saturated heterocycles. The molecular formula is C14H28ClN3O. The van der Waals surface area contributed by atoms with Crippen LogP contribution in [-0.4, -0.2) is 42.5 Å². The highest BCUT2D eigenvalue weighted by Gasteiger charge is 2.25. The lowest BCUT2D eigenvalue weighted by molar-refractivity contribution is -0.123. The first-order chi connectivity index (χ1) is 8.65. The van der Waals surface area contributed by atoms with Gasteiger partial charge in [-0.2, -0.15) is 0 Å². The van der Waals surface area contributed by atoms with Crippen molar-refractivity contribution < 1.29 is 4.79 Å². The molecule has 1 aliphatic carbocycles. The number of carbonyl (C=O) groups is 1. The highest BCUT2D eigenvalue weighted by molar-refractivity contribution is 5.85. The maximum absolute atomic E-state index is 12.0. The summed E-state index contributed by atoms with van der Waals surface area (Å²) in [6.07, 6.45) is 7.19. The minimum Gasteiger partial charge on any atom is -0.352 e. The molecule has 0 aromatic rings. The second-order valence-electron chi connectivity index (χ2n) is 6.07. The Hall–Kier alpha value is -0.320. The largest absolute Gasteiger partial charge is 0.352 e. The number of nitrogens with one attached hydrogen (secondary N) is 1. The predicted octanol–water partition coefficient (Wildman–Crippen LogP) is 1.53. The van der Waals surface area contributed by atoms with Crippen molar-refractivity contribution in [1.82, 2.24) is 10.2 Å². The van der Waals surface area contributed by atoms with Crippen LogP contribution in [0.5, 0.6) is 0 Å². The Morgan fingerprint density at radius 1 is 1.26 bits per heavy atom. The van der Waals surface area contributed by atoms with Crippen LogP contribution < -0.4 is 11.1 Å². The highest BCUT2D eigenvalue weighted by atomic mass is 35.5. The van der Waals surface area contributed by atoms with Crippen molar-refractivity contribution in [1.29, 1.82) is 0 Å². The maximum Gasteiger partial charge on any atom is 0.234 e. The number of likely N-dealkylation sites (tertiary alicyclic amines) is 1. The van der Waals surface area contributed by atoms with E-state index in [9.17, 15) is 4.79 Å². The molecule has 2 rings (SSSR count). The smallest absolute Gasteiger partial charge is 0.234 e. The molecule has 19 heavy (non-hydrogen) atoms. The van der Waals surface area contributed by atoms with Crippen molar-refractivity contribution in [2.75, 3.05) is 19.6 Å². The van der Waals surface area contributed by atoms with Gasteiger partial charge in [-0.1, -0.05) is 26.2 Å². The lowest BCUT2D eigenvalue weighted by Gasteiger charge is -2.35. The molecule has 1 saturated carbocycles. The van der Waals surface area contributed by atoms with E-state index in [4.69, 9.17) is 5.73 Å². The molecular weight excluding hydrogens is 262 g/mol. The summed E-state index contributed by atoms with van der Waals surface area (Å²) in [6, 6.07) is 0.735. The second kappa shape index (κ2) is 8.08. The highest BCUT2D eigenvalue weighted by Crippen LogP contribution is 2.18. The van der Waals surface area contributed by atoms with Gasteiger partial charge in [0.2, 0.25) is 5.91 Å². The van der Waals surface area contributed by atoms with Crippen molar-refractivity contribution in [2.24, 2.45) is 11.7 Å². The number of halogens is 1. The normalized spacial score (nSPS) is 29.6. The molecule has 0 spiro atoms. The van der Waals surface area contributed by atoms with Crippen LogP contribution in [0.25, 0.3) is 0 Å². The Labute approximate surface area is 122 Å². The number of carbonyl (C=O) groups excluding carboxylic acids is 1. The van der Waals surface area contributed by atoms with Crippen molar-refractivity contribution in [3.63, 3.8) is 0 Å². The van der Waals surface area contributed by atoms with Gasteiger partial charge in [0.15, 0.2) is 0 Å². The number of hydrogen-bond donors (Lipinski definition) is 2. The standard InChI is InChI=1S/C14H27N3O.ClH/c1-11-9-17(8-7-13(11)15)10-14(18)16-12-5-3-2-4-6-12;/h11-13H,2-10,15H2,1H3,(H,16,18);1H. The third kappa shape index (κ3) is 5.28. The molecule has 0 bridgehead atoms. The van der Waals surface area contributed by atoms with Crippen LogP contribution in [-0.2, 0) is 4.79 Å². The van der Waals surface area contributed by atoms with E-state index in [0.717, 1.165) is 32.4 Å². The van der Waals surface area contributed by atoms with Crippen LogP contribution in [0.2, 0.25) is 0 Å². The molecule has 2 aliphatic rings. The minimum atomic E-state index is 0. The molecule has 3 N–H and O–H groups in total. The average Bonchev–Trinajstić information content (AvgIpc) is 2.35. The summed E-state index contributed by atoms with van der Waals surface area (Å²) in [5.74, 6) is 0.700. The van der Waals surface area contributed by atoms with Crippen molar-refractivity contribution in [2.45, 2.75) is 57.5 Å². The molecule has 2 fully saturated rings. The van der Waals surface area contributed by atoms with E-state index in [-0.39, 0.29) is 18.3 Å². The molecule has 1 heterocycles. The number of piperidine rings is 1. The van der Waals surface area contributed by atoms with Crippen molar-refractivity contribution in [3.8, 4) is 0 Å². The third-order valence-corrected chi connectivity index (χ3v) is 4.39. The van der Waals surface area contributed by atoms with E-state index >= 15 is 0 Å². The van der Waals surface area contributed by atoms with Crippen molar-refractivity contribution in [3.05, 3.63) is 0 Å². The number of rotatable bonds is 3. The first-order valence-corrected chi connectivity index (χ1v) is 7.42. The van der Waals surface area contributed by atoms with E-state index < -0.39 is 0 Å². The summed E-state index contributed by atoms with van der Waals surface area (Å²) in [7, 11) is 0. The van der Waals surface area contributed by atoms with Gasteiger partial charge in [-0.3, -0.25) is 9.69 Å². The Morgan fingerprint density at radius 2 is 1.95 bits per heavy atom. The van der Waals surface area contributed by atoms with Gasteiger partial charge in [-0.25, -0.2) is 0 Å². The zero-order valence-corrected chi connectivity index (χ0v) is 12.8. The summed E-state index contributed by atoms with van der Waals surface area (Å²) in [5.41, 5.74) is 5.99. The fraction of sp³-hybridized carbons (Fsp3) is 0.929. The van der Waals surface area contributed by atoms with Gasteiger partial charge in [-0.15, -0.1) is 12.4 Å². The lowest BCUT2D eigenvalue weighted by Crippen LogP contribution is -2.50. The fourth-order valence-corrected chi connectivity index (χ4v) is 3.12. The first kappa shape index (κ1) is 16.7. The molecule has 0 radical (unpaired) electrons. The van der Waals surface area contributed by atoms with Gasteiger partial charge in [-0.05, 0) is 25.2 Å². The Bertz CT molecular complexity index is 282. The van der Waals surface area contributed by atoms with E-state index in [1.165, 1.54) is 19.3 Å². The number of amides is 1. The van der Waals surface area contributed by atoms with Crippen LogP contribution in [0.3, 0.4) is 0 Å². The lowest BCUT2D eigenvalue weighted by atomic mass is 9.94. The van der Waals surface area contributed by atoms with Gasteiger partial charge in [0.25, 0.3) is 0 Å². The summed E-state index contributed by atoms with van der Waals surface area (Å²) in [4.78, 5) is 14.2. The molecule has 0 aromatic carbocycles. The molecule has 112 valence electrons. The van der Waals surface area contributed by atoms with E-state index in [2.05, 4.69) is 17.1 Å². The van der Waals surface area contributed by atoms with Gasteiger partial charge >= 0.3 is 0 Å². The van der Waals surface area contributed by atoms with Crippen LogP contribution in [0, 0.1) is 5.92 Å². The summed E-state index contributed by atoms with van der Waals surface area (Å²) < 4.78 is 0. The quantitative estimate of drug-likeness (QED) is 0.828. The second-order valence-corrected chi connectivity index (χ2v) is 6.07. The molecule has 1 amide bonds. The van der Waals surface area contributed by atoms with Gasteiger partial charge in [0.05, 0.1) is 6.54 Å². The Balaban J connectivity index is 0.00000180. The average molecular weight is 290 g/mol. The monoisotopic (exact) mass is 289 g/mol. The molecule has 2 atom stereocenters. The minimum absolute atomic E-state index is 0. The zero-order chi connectivity index (χ0) is 13.0. The number of nitrogens with zero attached hydrogens (tertiary/aromatic N) is 1. The molecule has 4 nitrogen and oxygen atoms in total. The van der Waals surface area contributed by atoms with Crippen LogP contribution in [0.15, 0.2) is 0 Å². The Morgan fingerprint density at radius 3 is 2.58 bits per heavy atom. The Kier molecular flexibility index (Phi) is 7.11. The number of hydrogen-bond acceptors (Lipinski definition) is 3. The SMILES string of the molecule is CC1CN(CC(=O)NC2CCCCC2)CCC1N.Cl. The number of nitrogens with two attached hydrogens (primary N) is 1. The summed E-state index contributed by atoms with van der Waals surface area (Å²) in [5, 5.41) is 3.18. The van der Waals surface area contributed by atoms with E-state index in [1.54, 1.807) is 0 Å². The zero-order valence-electron chi connectivity index (χ0n) is 11.9. The fourth-order valence-electron chi connectivity index (χ4n) is 3.12. The topological polar surface area (TPSA) is 58.4 Å². The van der Waals surface area contributed by atoms with Crippen LogP contribution in [0.1, 0.15) is 45.4 Å². The first-order valence-electron chi connectivity index (χ1n) is 7.42. The van der Waals surface area contributed by atoms with Crippen LogP contribution >= 0.6 is 12.4 Å². The molecule has 2 unspecified atom stereocenters. The molecule has 1 aliphatic heterocycles.